The fourth-order valence-electron chi connectivity index (χ4n) is 2.94. The second kappa shape index (κ2) is 5.37. The Balaban J connectivity index is 1.89. The maximum atomic E-state index is 12.1. The highest BCUT2D eigenvalue weighted by Gasteiger charge is 2.38. The van der Waals surface area contributed by atoms with E-state index in [1.165, 1.54) is 0 Å². The lowest BCUT2D eigenvalue weighted by Crippen LogP contribution is -2.33. The van der Waals surface area contributed by atoms with Crippen LogP contribution < -0.4 is 5.14 Å². The average molecular weight is 318 g/mol. The molecule has 0 aromatic heterocycles. The van der Waals surface area contributed by atoms with Crippen LogP contribution in [0.3, 0.4) is 0 Å². The first-order chi connectivity index (χ1) is 10.4. The van der Waals surface area contributed by atoms with E-state index >= 15 is 0 Å². The average Bonchev–Trinajstić information content (AvgIpc) is 2.88. The smallest absolute Gasteiger partial charge is 0.224 e. The maximum absolute atomic E-state index is 12.1. The van der Waals surface area contributed by atoms with E-state index in [0.29, 0.717) is 0 Å². The normalized spacial score (nSPS) is 20.5. The van der Waals surface area contributed by atoms with Gasteiger partial charge in [0.05, 0.1) is 6.04 Å². The third kappa shape index (κ3) is 2.71. The number of fused-ring (bicyclic) bond motifs is 1. The van der Waals surface area contributed by atoms with Crippen molar-refractivity contribution in [3.05, 3.63) is 48.0 Å². The number of nitrogens with two attached hydrogens (primary N) is 1. The second-order valence-corrected chi connectivity index (χ2v) is 7.59. The summed E-state index contributed by atoms with van der Waals surface area (Å²) in [5.74, 6) is -0.167. The number of carbonyl (C=O) groups is 1. The molecule has 5 nitrogen and oxygen atoms in total. The Kier molecular flexibility index (Phi) is 3.66. The zero-order chi connectivity index (χ0) is 15.9. The van der Waals surface area contributed by atoms with Crippen LogP contribution in [0.2, 0.25) is 0 Å². The number of primary sulfonamides is 1. The van der Waals surface area contributed by atoms with Crippen molar-refractivity contribution < 1.29 is 13.2 Å². The summed E-state index contributed by atoms with van der Waals surface area (Å²) in [4.78, 5) is 13.7. The predicted octanol–water partition coefficient (Wildman–Crippen LogP) is 1.79. The van der Waals surface area contributed by atoms with Crippen LogP contribution in [0.15, 0.2) is 42.5 Å². The van der Waals surface area contributed by atoms with Gasteiger partial charge in [0.1, 0.15) is 5.25 Å². The van der Waals surface area contributed by atoms with E-state index in [0.717, 1.165) is 16.3 Å². The number of sulfonamides is 1. The number of likely N-dealkylation sites (tertiary alicyclic amines) is 1. The number of benzene rings is 2. The molecule has 116 valence electrons. The first kappa shape index (κ1) is 15.0. The Morgan fingerprint density at radius 2 is 1.86 bits per heavy atom. The van der Waals surface area contributed by atoms with E-state index in [-0.39, 0.29) is 24.9 Å². The van der Waals surface area contributed by atoms with E-state index in [4.69, 9.17) is 5.14 Å². The van der Waals surface area contributed by atoms with Crippen LogP contribution in [0, 0.1) is 0 Å². The van der Waals surface area contributed by atoms with Gasteiger partial charge < -0.3 is 4.90 Å². The molecule has 1 amide bonds. The zero-order valence-electron chi connectivity index (χ0n) is 12.3. The molecule has 2 N–H and O–H groups in total. The van der Waals surface area contributed by atoms with Crippen molar-refractivity contribution in [2.45, 2.75) is 24.6 Å². The van der Waals surface area contributed by atoms with Gasteiger partial charge in [-0.3, -0.25) is 4.79 Å². The zero-order valence-corrected chi connectivity index (χ0v) is 13.1. The van der Waals surface area contributed by atoms with Gasteiger partial charge in [-0.05, 0) is 29.3 Å². The summed E-state index contributed by atoms with van der Waals surface area (Å²) in [6.45, 7) is 2.07. The van der Waals surface area contributed by atoms with Crippen LogP contribution in [-0.4, -0.2) is 31.0 Å². The molecule has 1 aliphatic rings. The third-order valence-electron chi connectivity index (χ3n) is 4.31. The van der Waals surface area contributed by atoms with Gasteiger partial charge in [0, 0.05) is 13.0 Å². The Morgan fingerprint density at radius 3 is 2.50 bits per heavy atom. The number of carbonyl (C=O) groups excluding carboxylic acids is 1. The molecule has 1 aliphatic heterocycles. The summed E-state index contributed by atoms with van der Waals surface area (Å²) in [6, 6.07) is 13.8. The third-order valence-corrected chi connectivity index (χ3v) is 5.56. The van der Waals surface area contributed by atoms with Crippen LogP contribution >= 0.6 is 0 Å². The highest BCUT2D eigenvalue weighted by atomic mass is 32.2. The van der Waals surface area contributed by atoms with Gasteiger partial charge in [-0.2, -0.15) is 0 Å². The van der Waals surface area contributed by atoms with Crippen molar-refractivity contribution in [2.24, 2.45) is 5.14 Å². The molecule has 3 rings (SSSR count). The molecule has 2 aromatic rings. The molecule has 2 atom stereocenters. The highest BCUT2D eigenvalue weighted by molar-refractivity contribution is 7.89. The SMILES string of the molecule is C[C@@H](c1ccc2ccccc2c1)N1CC(S(N)(=O)=O)CC1=O. The lowest BCUT2D eigenvalue weighted by Gasteiger charge is -2.25. The van der Waals surface area contributed by atoms with E-state index in [1.54, 1.807) is 4.90 Å². The van der Waals surface area contributed by atoms with Gasteiger partial charge in [-0.15, -0.1) is 0 Å². The van der Waals surface area contributed by atoms with Crippen LogP contribution in [0.4, 0.5) is 0 Å². The molecule has 1 heterocycles. The fraction of sp³-hybridized carbons (Fsp3) is 0.312. The number of hydrogen-bond donors (Lipinski definition) is 1. The molecule has 22 heavy (non-hydrogen) atoms. The number of nitrogens with zero attached hydrogens (tertiary/aromatic N) is 1. The molecule has 2 aromatic carbocycles. The molecule has 0 saturated carbocycles. The molecular formula is C16H18N2O3S. The topological polar surface area (TPSA) is 80.5 Å². The minimum Gasteiger partial charge on any atom is -0.335 e. The molecule has 0 bridgehead atoms. The van der Waals surface area contributed by atoms with Gasteiger partial charge in [0.2, 0.25) is 15.9 Å². The molecule has 1 fully saturated rings. The van der Waals surface area contributed by atoms with Crippen LogP contribution in [-0.2, 0) is 14.8 Å². The first-order valence-corrected chi connectivity index (χ1v) is 8.77. The Labute approximate surface area is 129 Å². The Hall–Kier alpha value is -1.92. The molecule has 0 radical (unpaired) electrons. The van der Waals surface area contributed by atoms with Gasteiger partial charge in [0.15, 0.2) is 0 Å². The molecule has 1 unspecified atom stereocenters. The first-order valence-electron chi connectivity index (χ1n) is 7.16. The molecule has 0 aliphatic carbocycles. The van der Waals surface area contributed by atoms with Crippen molar-refractivity contribution in [1.29, 1.82) is 0 Å². The molecule has 1 saturated heterocycles. The summed E-state index contributed by atoms with van der Waals surface area (Å²) in [5, 5.41) is 6.60. The highest BCUT2D eigenvalue weighted by Crippen LogP contribution is 2.29. The van der Waals surface area contributed by atoms with Gasteiger partial charge in [0.25, 0.3) is 0 Å². The lowest BCUT2D eigenvalue weighted by molar-refractivity contribution is -0.129. The molecular weight excluding hydrogens is 300 g/mol. The summed E-state index contributed by atoms with van der Waals surface area (Å²) in [5.41, 5.74) is 0.988. The second-order valence-electron chi connectivity index (χ2n) is 5.74. The van der Waals surface area contributed by atoms with E-state index in [1.807, 2.05) is 49.4 Å². The largest absolute Gasteiger partial charge is 0.335 e. The quantitative estimate of drug-likeness (QED) is 0.937. The standard InChI is InChI=1S/C16H18N2O3S/c1-11(18-10-15(9-16(18)19)22(17,20)21)13-7-6-12-4-2-3-5-14(12)8-13/h2-8,11,15H,9-10H2,1H3,(H2,17,20,21)/t11-,15?/m0/s1. The van der Waals surface area contributed by atoms with Crippen LogP contribution in [0.5, 0.6) is 0 Å². The van der Waals surface area contributed by atoms with Gasteiger partial charge >= 0.3 is 0 Å². The van der Waals surface area contributed by atoms with Crippen LogP contribution in [0.25, 0.3) is 10.8 Å². The van der Waals surface area contributed by atoms with E-state index < -0.39 is 15.3 Å². The van der Waals surface area contributed by atoms with E-state index in [9.17, 15) is 13.2 Å². The van der Waals surface area contributed by atoms with Crippen LogP contribution in [0.1, 0.15) is 24.9 Å². The number of rotatable bonds is 3. The summed E-state index contributed by atoms with van der Waals surface area (Å²) < 4.78 is 22.9. The summed E-state index contributed by atoms with van der Waals surface area (Å²) in [7, 11) is -3.68. The van der Waals surface area contributed by atoms with E-state index in [2.05, 4.69) is 0 Å². The monoisotopic (exact) mass is 318 g/mol. The van der Waals surface area contributed by atoms with Gasteiger partial charge in [-0.1, -0.05) is 36.4 Å². The number of amides is 1. The van der Waals surface area contributed by atoms with Crippen molar-refractivity contribution >= 4 is 26.7 Å². The fourth-order valence-corrected chi connectivity index (χ4v) is 3.68. The summed E-state index contributed by atoms with van der Waals surface area (Å²) >= 11 is 0. The van der Waals surface area contributed by atoms with Crippen molar-refractivity contribution in [3.8, 4) is 0 Å². The minimum atomic E-state index is -3.68. The predicted molar refractivity (Wildman–Crippen MR) is 85.6 cm³/mol. The number of hydrogen-bond acceptors (Lipinski definition) is 3. The van der Waals surface area contributed by atoms with Crippen molar-refractivity contribution in [3.63, 3.8) is 0 Å². The van der Waals surface area contributed by atoms with Crippen molar-refractivity contribution in [1.82, 2.24) is 4.90 Å². The molecule has 6 heteroatoms. The summed E-state index contributed by atoms with van der Waals surface area (Å²) in [6.07, 6.45) is -0.0310. The Bertz CT molecular complexity index is 832. The van der Waals surface area contributed by atoms with Crippen molar-refractivity contribution in [2.75, 3.05) is 6.54 Å². The minimum absolute atomic E-state index is 0.0310. The molecule has 0 spiro atoms. The maximum Gasteiger partial charge on any atom is 0.224 e. The lowest BCUT2D eigenvalue weighted by atomic mass is 10.0. The van der Waals surface area contributed by atoms with Gasteiger partial charge in [-0.25, -0.2) is 13.6 Å². The Morgan fingerprint density at radius 1 is 1.18 bits per heavy atom.